The van der Waals surface area contributed by atoms with Gasteiger partial charge >= 0.3 is 5.92 Å². The maximum Gasteiger partial charge on any atom is 0.302 e. The van der Waals surface area contributed by atoms with Gasteiger partial charge in [0.15, 0.2) is 13.3 Å². The highest BCUT2D eigenvalue weighted by Crippen LogP contribution is 2.13. The first kappa shape index (κ1) is 7.68. The molecule has 0 atom stereocenters. The van der Waals surface area contributed by atoms with E-state index < -0.39 is 19.2 Å². The zero-order valence-corrected chi connectivity index (χ0v) is 3.83. The van der Waals surface area contributed by atoms with E-state index in [2.05, 4.69) is 4.94 Å². The summed E-state index contributed by atoms with van der Waals surface area (Å²) in [7, 11) is 0. The number of rotatable bonds is 3. The number of hydrogen-bond donors (Lipinski definition) is 0. The fourth-order valence-electron chi connectivity index (χ4n) is 0.118. The average Bonchev–Trinajstić information content (AvgIpc) is 1.67. The van der Waals surface area contributed by atoms with Gasteiger partial charge in [-0.3, -0.25) is 0 Å². The second-order valence-corrected chi connectivity index (χ2v) is 1.24. The molecule has 0 unspecified atom stereocenters. The molecule has 0 radical (unpaired) electrons. The molecule has 0 aromatic carbocycles. The van der Waals surface area contributed by atoms with Crippen molar-refractivity contribution in [1.29, 1.82) is 0 Å². The third-order valence-electron chi connectivity index (χ3n) is 0.461. The van der Waals surface area contributed by atoms with E-state index in [-0.39, 0.29) is 0 Å². The quantitative estimate of drug-likeness (QED) is 0.528. The summed E-state index contributed by atoms with van der Waals surface area (Å²) in [5.74, 6) is -3.67. The van der Waals surface area contributed by atoms with Crippen molar-refractivity contribution in [3.63, 3.8) is 0 Å². The van der Waals surface area contributed by atoms with Crippen LogP contribution in [0.15, 0.2) is 0 Å². The van der Waals surface area contributed by atoms with E-state index in [9.17, 15) is 17.7 Å². The normalized spacial score (nSPS) is 12.0. The summed E-state index contributed by atoms with van der Waals surface area (Å²) in [5, 5.41) is 0. The molecule has 0 aliphatic rings. The van der Waals surface area contributed by atoms with Gasteiger partial charge in [0.1, 0.15) is 0 Å². The molecule has 0 aromatic rings. The topological polar surface area (TPSA) is 9.23 Å². The molecule has 0 aliphatic heterocycles. The lowest BCUT2D eigenvalue weighted by Gasteiger charge is -2.05. The van der Waals surface area contributed by atoms with Gasteiger partial charge < -0.3 is 0 Å². The predicted molar refractivity (Wildman–Crippen MR) is 18.0 cm³/mol. The van der Waals surface area contributed by atoms with E-state index in [4.69, 9.17) is 0 Å². The molecule has 0 heterocycles. The molecule has 0 N–H and O–H groups in total. The van der Waals surface area contributed by atoms with Gasteiger partial charge in [0.25, 0.3) is 0 Å². The fraction of sp³-hybridized carbons (Fsp3) is 1.00. The first-order valence-electron chi connectivity index (χ1n) is 1.80. The molecule has 1 nitrogen and oxygen atoms in total. The Balaban J connectivity index is 3.37. The summed E-state index contributed by atoms with van der Waals surface area (Å²) in [6, 6.07) is 0. The lowest BCUT2D eigenvalue weighted by atomic mass is 10.4. The van der Waals surface area contributed by atoms with Crippen LogP contribution in [-0.2, 0) is 4.94 Å². The highest BCUT2D eigenvalue weighted by molar-refractivity contribution is 4.60. The summed E-state index contributed by atoms with van der Waals surface area (Å²) in [5.41, 5.74) is 0. The molecule has 0 rings (SSSR count). The maximum absolute atomic E-state index is 11.4. The van der Waals surface area contributed by atoms with E-state index >= 15 is 0 Å². The van der Waals surface area contributed by atoms with Crippen molar-refractivity contribution in [2.75, 3.05) is 13.3 Å². The van der Waals surface area contributed by atoms with Crippen LogP contribution in [0.1, 0.15) is 0 Å². The van der Waals surface area contributed by atoms with Crippen molar-refractivity contribution in [2.45, 2.75) is 5.92 Å². The Labute approximate surface area is 43.1 Å². The summed E-state index contributed by atoms with van der Waals surface area (Å²) >= 11 is 0. The van der Waals surface area contributed by atoms with Crippen LogP contribution in [0.4, 0.5) is 17.7 Å². The van der Waals surface area contributed by atoms with Crippen molar-refractivity contribution < 1.29 is 22.6 Å². The van der Waals surface area contributed by atoms with Gasteiger partial charge in [-0.05, 0) is 4.53 Å². The van der Waals surface area contributed by atoms with Crippen LogP contribution in [0.25, 0.3) is 0 Å². The van der Waals surface area contributed by atoms with Crippen molar-refractivity contribution >= 4 is 0 Å². The summed E-state index contributed by atoms with van der Waals surface area (Å²) < 4.78 is 44.3. The first-order valence-corrected chi connectivity index (χ1v) is 1.80. The summed E-state index contributed by atoms with van der Waals surface area (Å²) in [4.78, 5) is 2.51. The van der Waals surface area contributed by atoms with Crippen LogP contribution in [-0.4, -0.2) is 19.2 Å². The highest BCUT2D eigenvalue weighted by Gasteiger charge is 2.29. The molecule has 0 saturated heterocycles. The lowest BCUT2D eigenvalue weighted by Crippen LogP contribution is -2.24. The lowest BCUT2D eigenvalue weighted by molar-refractivity contribution is -0.202. The summed E-state index contributed by atoms with van der Waals surface area (Å²) in [6.07, 6.45) is 0. The summed E-state index contributed by atoms with van der Waals surface area (Å²) in [6.45, 7) is -3.40. The Hall–Kier alpha value is -0.320. The molecule has 0 fully saturated rings. The molecule has 0 saturated carbocycles. The van der Waals surface area contributed by atoms with Gasteiger partial charge in [0.05, 0.1) is 0 Å². The van der Waals surface area contributed by atoms with Gasteiger partial charge in [-0.2, -0.15) is 4.94 Å². The molecule has 0 bridgehead atoms. The molecule has 0 amide bonds. The Bertz CT molecular complexity index is 64.3. The van der Waals surface area contributed by atoms with Crippen LogP contribution < -0.4 is 0 Å². The van der Waals surface area contributed by atoms with Crippen LogP contribution >= 0.6 is 0 Å². The maximum atomic E-state index is 11.4. The Morgan fingerprint density at radius 3 is 2.00 bits per heavy atom. The van der Waals surface area contributed by atoms with Gasteiger partial charge in [-0.25, -0.2) is 13.2 Å². The van der Waals surface area contributed by atoms with E-state index in [0.29, 0.717) is 0 Å². The van der Waals surface area contributed by atoms with Crippen LogP contribution in [0.2, 0.25) is 0 Å². The van der Waals surface area contributed by atoms with Gasteiger partial charge in [-0.1, -0.05) is 0 Å². The monoisotopic (exact) mass is 132 g/mol. The number of alkyl halides is 3. The first-order chi connectivity index (χ1) is 3.62. The number of hydrogen-bond acceptors (Lipinski definition) is 1. The largest absolute Gasteiger partial charge is 0.302 e. The Morgan fingerprint density at radius 2 is 1.88 bits per heavy atom. The second-order valence-electron chi connectivity index (χ2n) is 1.24. The van der Waals surface area contributed by atoms with Gasteiger partial charge in [-0.15, -0.1) is 0 Å². The van der Waals surface area contributed by atoms with E-state index in [0.717, 1.165) is 0 Å². The number of halogens is 4. The van der Waals surface area contributed by atoms with Crippen molar-refractivity contribution in [1.82, 2.24) is 0 Å². The molecular weight excluding hydrogens is 128 g/mol. The van der Waals surface area contributed by atoms with Crippen molar-refractivity contribution in [3.8, 4) is 0 Å². The predicted octanol–water partition coefficient (Wildman–Crippen LogP) is 1.49. The van der Waals surface area contributed by atoms with E-state index in [1.54, 1.807) is 0 Å². The zero-order chi connectivity index (χ0) is 6.62. The van der Waals surface area contributed by atoms with Gasteiger partial charge in [0, 0.05) is 0 Å². The Morgan fingerprint density at radius 1 is 1.38 bits per heavy atom. The average molecular weight is 132 g/mol. The standard InChI is InChI=1S/C3H4F4O/c4-1-3(5,6)2-8-7/h1-2H2. The Kier molecular flexibility index (Phi) is 2.75. The smallest absolute Gasteiger partial charge is 0.244 e. The van der Waals surface area contributed by atoms with Crippen LogP contribution in [0.5, 0.6) is 0 Å². The minimum Gasteiger partial charge on any atom is -0.244 e. The van der Waals surface area contributed by atoms with Crippen molar-refractivity contribution in [3.05, 3.63) is 0 Å². The van der Waals surface area contributed by atoms with Gasteiger partial charge in [0.2, 0.25) is 0 Å². The molecule has 5 heteroatoms. The van der Waals surface area contributed by atoms with Crippen molar-refractivity contribution in [2.24, 2.45) is 0 Å². The second kappa shape index (κ2) is 2.86. The molecule has 0 spiro atoms. The molecule has 0 aromatic heterocycles. The van der Waals surface area contributed by atoms with E-state index in [1.165, 1.54) is 0 Å². The third kappa shape index (κ3) is 2.79. The molecular formula is C3H4F4O. The minimum atomic E-state index is -3.67. The highest BCUT2D eigenvalue weighted by atomic mass is 19.3. The SMILES string of the molecule is FCC(F)(F)COF. The molecule has 50 valence electrons. The zero-order valence-electron chi connectivity index (χ0n) is 3.83. The molecule has 8 heavy (non-hydrogen) atoms. The fourth-order valence-corrected chi connectivity index (χ4v) is 0.118. The van der Waals surface area contributed by atoms with Crippen LogP contribution in [0.3, 0.4) is 0 Å². The third-order valence-corrected chi connectivity index (χ3v) is 0.461. The van der Waals surface area contributed by atoms with E-state index in [1.807, 2.05) is 0 Å². The van der Waals surface area contributed by atoms with Crippen LogP contribution in [0, 0.1) is 0 Å². The minimum absolute atomic E-state index is 1.51. The molecule has 0 aliphatic carbocycles.